The van der Waals surface area contributed by atoms with Crippen molar-refractivity contribution in [1.29, 1.82) is 0 Å². The number of hydrogen-bond donors (Lipinski definition) is 4. The molecule has 0 aromatic carbocycles. The summed E-state index contributed by atoms with van der Waals surface area (Å²) in [4.78, 5) is 2.43. The van der Waals surface area contributed by atoms with Gasteiger partial charge in [0.15, 0.2) is 0 Å². The molecule has 1 saturated carbocycles. The van der Waals surface area contributed by atoms with Crippen LogP contribution < -0.4 is 5.32 Å². The van der Waals surface area contributed by atoms with Crippen molar-refractivity contribution in [2.45, 2.75) is 63.0 Å². The minimum Gasteiger partial charge on any atom is -0.427 e. The molecule has 3 unspecified atom stereocenters. The number of nitrogens with one attached hydrogen (secondary N) is 1. The average Bonchev–Trinajstić information content (AvgIpc) is 2.73. The number of aliphatic hydroxyl groups excluding tert-OH is 1. The lowest BCUT2D eigenvalue weighted by atomic mass is 9.83. The van der Waals surface area contributed by atoms with E-state index in [1.54, 1.807) is 0 Å². The summed E-state index contributed by atoms with van der Waals surface area (Å²) in [5.74, 6) is 0. The molecule has 2 aliphatic rings. The Bertz CT molecular complexity index is 255. The minimum atomic E-state index is -1.16. The highest BCUT2D eigenvalue weighted by Gasteiger charge is 2.39. The molecule has 18 heavy (non-hydrogen) atoms. The van der Waals surface area contributed by atoms with E-state index in [9.17, 15) is 5.11 Å². The van der Waals surface area contributed by atoms with Crippen molar-refractivity contribution in [2.24, 2.45) is 0 Å². The lowest BCUT2D eigenvalue weighted by Gasteiger charge is -2.33. The van der Waals surface area contributed by atoms with Crippen LogP contribution in [0.5, 0.6) is 0 Å². The highest BCUT2D eigenvalue weighted by Crippen LogP contribution is 2.27. The number of fused-ring (bicyclic) bond motifs is 1. The van der Waals surface area contributed by atoms with Crippen molar-refractivity contribution < 1.29 is 15.2 Å². The monoisotopic (exact) mass is 256 g/mol. The molecule has 3 atom stereocenters. The fourth-order valence-electron chi connectivity index (χ4n) is 3.24. The molecule has 0 aromatic heterocycles. The quantitative estimate of drug-likeness (QED) is 0.390. The highest BCUT2D eigenvalue weighted by molar-refractivity contribution is 6.40. The molecule has 6 heteroatoms. The Hall–Kier alpha value is -0.135. The molecule has 2 rings (SSSR count). The van der Waals surface area contributed by atoms with E-state index in [-0.39, 0.29) is 12.1 Å². The van der Waals surface area contributed by atoms with Crippen molar-refractivity contribution in [3.8, 4) is 0 Å². The molecule has 0 radical (unpaired) electrons. The highest BCUT2D eigenvalue weighted by atomic mass is 16.4. The number of nitrogens with zero attached hydrogens (tertiary/aromatic N) is 1. The van der Waals surface area contributed by atoms with Gasteiger partial charge in [-0.15, -0.1) is 0 Å². The fraction of sp³-hybridized carbons (Fsp3) is 1.00. The second kappa shape index (κ2) is 6.87. The van der Waals surface area contributed by atoms with Crippen LogP contribution in [-0.2, 0) is 0 Å². The van der Waals surface area contributed by atoms with Gasteiger partial charge in [0.1, 0.15) is 0 Å². The number of aliphatic hydroxyl groups is 1. The Balaban J connectivity index is 1.65. The van der Waals surface area contributed by atoms with Crippen molar-refractivity contribution in [2.75, 3.05) is 13.2 Å². The Morgan fingerprint density at radius 2 is 2.00 bits per heavy atom. The molecule has 0 bridgehead atoms. The molecule has 4 N–H and O–H groups in total. The maximum absolute atomic E-state index is 9.92. The van der Waals surface area contributed by atoms with Crippen LogP contribution in [0.25, 0.3) is 0 Å². The fourth-order valence-corrected chi connectivity index (χ4v) is 3.24. The summed E-state index contributed by atoms with van der Waals surface area (Å²) in [5.41, 5.74) is 0. The van der Waals surface area contributed by atoms with Crippen LogP contribution in [0, 0.1) is 0 Å². The van der Waals surface area contributed by atoms with Crippen LogP contribution >= 0.6 is 0 Å². The largest absolute Gasteiger partial charge is 0.451 e. The van der Waals surface area contributed by atoms with E-state index >= 15 is 0 Å². The standard InChI is InChI=1S/C12H25BN2O3/c16-11-6-4-5-10-12(11)14-9-15(10)8-3-1-2-7-13(17)18/h10-12,14,16-18H,1-9H2. The van der Waals surface area contributed by atoms with E-state index in [0.717, 1.165) is 45.3 Å². The van der Waals surface area contributed by atoms with Gasteiger partial charge in [0.05, 0.1) is 6.10 Å². The molecule has 2 fully saturated rings. The molecule has 1 aliphatic carbocycles. The summed E-state index contributed by atoms with van der Waals surface area (Å²) in [6.45, 7) is 1.93. The van der Waals surface area contributed by atoms with Crippen LogP contribution in [0.1, 0.15) is 38.5 Å². The summed E-state index contributed by atoms with van der Waals surface area (Å²) >= 11 is 0. The SMILES string of the molecule is OB(O)CCCCCN1CNC2C(O)CCCC21. The first-order chi connectivity index (χ1) is 8.68. The van der Waals surface area contributed by atoms with E-state index in [4.69, 9.17) is 10.0 Å². The summed E-state index contributed by atoms with van der Waals surface area (Å²) in [5, 5.41) is 30.8. The Labute approximate surface area is 109 Å². The van der Waals surface area contributed by atoms with Crippen molar-refractivity contribution in [1.82, 2.24) is 10.2 Å². The van der Waals surface area contributed by atoms with Crippen LogP contribution in [0.3, 0.4) is 0 Å². The smallest absolute Gasteiger partial charge is 0.427 e. The van der Waals surface area contributed by atoms with E-state index in [0.29, 0.717) is 12.4 Å². The molecule has 0 amide bonds. The van der Waals surface area contributed by atoms with Gasteiger partial charge in [0, 0.05) is 18.8 Å². The lowest BCUT2D eigenvalue weighted by molar-refractivity contribution is 0.0720. The molecule has 5 nitrogen and oxygen atoms in total. The second-order valence-electron chi connectivity index (χ2n) is 5.60. The van der Waals surface area contributed by atoms with Crippen molar-refractivity contribution >= 4 is 7.12 Å². The van der Waals surface area contributed by atoms with E-state index < -0.39 is 7.12 Å². The molecule has 0 aromatic rings. The predicted molar refractivity (Wildman–Crippen MR) is 71.0 cm³/mol. The number of unbranched alkanes of at least 4 members (excludes halogenated alkanes) is 2. The third kappa shape index (κ3) is 3.68. The van der Waals surface area contributed by atoms with Crippen molar-refractivity contribution in [3.05, 3.63) is 0 Å². The molecule has 1 aliphatic heterocycles. The van der Waals surface area contributed by atoms with Crippen molar-refractivity contribution in [3.63, 3.8) is 0 Å². The second-order valence-corrected chi connectivity index (χ2v) is 5.60. The summed E-state index contributed by atoms with van der Waals surface area (Å²) < 4.78 is 0. The van der Waals surface area contributed by atoms with E-state index in [1.807, 2.05) is 0 Å². The molecular weight excluding hydrogens is 231 g/mol. The topological polar surface area (TPSA) is 76.0 Å². The maximum atomic E-state index is 9.92. The van der Waals surface area contributed by atoms with E-state index in [2.05, 4.69) is 10.2 Å². The first kappa shape index (κ1) is 14.3. The predicted octanol–water partition coefficient (Wildman–Crippen LogP) is -0.226. The molecule has 1 saturated heterocycles. The van der Waals surface area contributed by atoms with Crippen LogP contribution in [0.2, 0.25) is 6.32 Å². The van der Waals surface area contributed by atoms with Gasteiger partial charge in [-0.25, -0.2) is 0 Å². The zero-order valence-electron chi connectivity index (χ0n) is 11.0. The Morgan fingerprint density at radius 1 is 1.17 bits per heavy atom. The maximum Gasteiger partial charge on any atom is 0.451 e. The van der Waals surface area contributed by atoms with Gasteiger partial charge in [-0.3, -0.25) is 10.2 Å². The first-order valence-corrected chi connectivity index (χ1v) is 7.20. The zero-order valence-corrected chi connectivity index (χ0v) is 11.0. The Morgan fingerprint density at radius 3 is 2.78 bits per heavy atom. The third-order valence-corrected chi connectivity index (χ3v) is 4.24. The van der Waals surface area contributed by atoms with Gasteiger partial charge >= 0.3 is 7.12 Å². The minimum absolute atomic E-state index is 0.182. The molecular formula is C12H25BN2O3. The lowest BCUT2D eigenvalue weighted by Crippen LogP contribution is -2.47. The first-order valence-electron chi connectivity index (χ1n) is 7.20. The Kier molecular flexibility index (Phi) is 5.45. The number of hydrogen-bond acceptors (Lipinski definition) is 5. The average molecular weight is 256 g/mol. The van der Waals surface area contributed by atoms with Gasteiger partial charge in [-0.2, -0.15) is 0 Å². The number of rotatable bonds is 6. The van der Waals surface area contributed by atoms with Crippen LogP contribution in [-0.4, -0.2) is 58.6 Å². The zero-order chi connectivity index (χ0) is 13.0. The summed E-state index contributed by atoms with van der Waals surface area (Å²) in [7, 11) is -1.16. The van der Waals surface area contributed by atoms with Crippen LogP contribution in [0.4, 0.5) is 0 Å². The van der Waals surface area contributed by atoms with Gasteiger partial charge in [-0.05, 0) is 38.5 Å². The van der Waals surface area contributed by atoms with Gasteiger partial charge in [0.2, 0.25) is 0 Å². The van der Waals surface area contributed by atoms with Gasteiger partial charge in [0.25, 0.3) is 0 Å². The molecule has 104 valence electrons. The van der Waals surface area contributed by atoms with Gasteiger partial charge < -0.3 is 15.2 Å². The molecule has 0 spiro atoms. The summed E-state index contributed by atoms with van der Waals surface area (Å²) in [6, 6.07) is 0.759. The summed E-state index contributed by atoms with van der Waals surface area (Å²) in [6.07, 6.45) is 6.52. The van der Waals surface area contributed by atoms with Gasteiger partial charge in [-0.1, -0.05) is 12.8 Å². The third-order valence-electron chi connectivity index (χ3n) is 4.24. The van der Waals surface area contributed by atoms with E-state index in [1.165, 1.54) is 6.42 Å². The van der Waals surface area contributed by atoms with Crippen LogP contribution in [0.15, 0.2) is 0 Å². The molecule has 1 heterocycles. The normalized spacial score (nSPS) is 32.5.